The minimum absolute atomic E-state index is 0.339. The van der Waals surface area contributed by atoms with Crippen LogP contribution in [0.25, 0.3) is 0 Å². The summed E-state index contributed by atoms with van der Waals surface area (Å²) in [6, 6.07) is 12.2. The van der Waals surface area contributed by atoms with Gasteiger partial charge in [-0.15, -0.1) is 0 Å². The van der Waals surface area contributed by atoms with E-state index in [1.54, 1.807) is 18.2 Å². The van der Waals surface area contributed by atoms with E-state index in [1.165, 1.54) is 0 Å². The molecule has 174 valence electrons. The van der Waals surface area contributed by atoms with E-state index >= 15 is 0 Å². The highest BCUT2D eigenvalue weighted by atomic mass is 35.5. The molecular weight excluding hydrogens is 495 g/mol. The molecule has 0 aromatic heterocycles. The van der Waals surface area contributed by atoms with Gasteiger partial charge in [-0.05, 0) is 47.5 Å². The molecule has 0 saturated carbocycles. The summed E-state index contributed by atoms with van der Waals surface area (Å²) in [5.74, 6) is -0.921. The molecular formula is C22H13Cl2F6NO2. The van der Waals surface area contributed by atoms with Crippen molar-refractivity contribution in [3.05, 3.63) is 93.5 Å². The van der Waals surface area contributed by atoms with Crippen molar-refractivity contribution in [3.63, 3.8) is 0 Å². The zero-order chi connectivity index (χ0) is 25.0. The monoisotopic (exact) mass is 507 g/mol. The van der Waals surface area contributed by atoms with E-state index in [-0.39, 0.29) is 0 Å². The van der Waals surface area contributed by atoms with Crippen molar-refractivity contribution < 1.29 is 36.6 Å². The molecule has 0 atom stereocenters. The summed E-state index contributed by atoms with van der Waals surface area (Å²) in [6.45, 7) is 0. The van der Waals surface area contributed by atoms with Gasteiger partial charge in [0.2, 0.25) is 5.41 Å². The van der Waals surface area contributed by atoms with Gasteiger partial charge in [-0.1, -0.05) is 53.5 Å². The van der Waals surface area contributed by atoms with Crippen LogP contribution in [0.2, 0.25) is 10.0 Å². The fraction of sp³-hybridized carbons (Fsp3) is 0.136. The summed E-state index contributed by atoms with van der Waals surface area (Å²) in [5, 5.41) is 27.6. The van der Waals surface area contributed by atoms with E-state index in [9.17, 15) is 26.3 Å². The quantitative estimate of drug-likeness (QED) is 0.356. The first-order chi connectivity index (χ1) is 15.3. The Labute approximate surface area is 194 Å². The summed E-state index contributed by atoms with van der Waals surface area (Å²) in [5.41, 5.74) is -6.10. The Hall–Kier alpha value is -3.09. The highest BCUT2D eigenvalue weighted by Gasteiger charge is 2.72. The lowest BCUT2D eigenvalue weighted by Crippen LogP contribution is -2.54. The third-order valence-corrected chi connectivity index (χ3v) is 5.16. The zero-order valence-electron chi connectivity index (χ0n) is 16.2. The summed E-state index contributed by atoms with van der Waals surface area (Å²) in [4.78, 5) is 0. The number of phenolic OH excluding ortho intramolecular Hbond substituents is 2. The Morgan fingerprint density at radius 2 is 0.970 bits per heavy atom. The van der Waals surface area contributed by atoms with Crippen LogP contribution in [0, 0.1) is 11.3 Å². The van der Waals surface area contributed by atoms with Crippen molar-refractivity contribution in [2.24, 2.45) is 0 Å². The number of nitriles is 1. The van der Waals surface area contributed by atoms with Crippen LogP contribution in [-0.4, -0.2) is 22.6 Å². The number of hydrogen-bond acceptors (Lipinski definition) is 3. The maximum absolute atomic E-state index is 13.6. The topological polar surface area (TPSA) is 64.2 Å². The molecule has 3 rings (SSSR count). The number of halogens is 8. The number of phenols is 2. The Bertz CT molecular complexity index is 1060. The Morgan fingerprint density at radius 1 is 0.636 bits per heavy atom. The van der Waals surface area contributed by atoms with Gasteiger partial charge in [-0.2, -0.15) is 31.6 Å². The van der Waals surface area contributed by atoms with E-state index in [0.29, 0.717) is 39.9 Å². The summed E-state index contributed by atoms with van der Waals surface area (Å²) in [7, 11) is 0. The van der Waals surface area contributed by atoms with E-state index in [2.05, 4.69) is 0 Å². The maximum atomic E-state index is 13.6. The summed E-state index contributed by atoms with van der Waals surface area (Å²) < 4.78 is 81.6. The van der Waals surface area contributed by atoms with Crippen LogP contribution >= 0.6 is 23.2 Å². The number of hydrogen-bond donors (Lipinski definition) is 2. The molecule has 11 heteroatoms. The molecule has 0 saturated heterocycles. The highest BCUT2D eigenvalue weighted by Crippen LogP contribution is 2.56. The van der Waals surface area contributed by atoms with Crippen molar-refractivity contribution in [2.75, 3.05) is 0 Å². The minimum Gasteiger partial charge on any atom is -0.508 e. The minimum atomic E-state index is -5.70. The first-order valence-electron chi connectivity index (χ1n) is 8.82. The molecule has 3 aromatic rings. The smallest absolute Gasteiger partial charge is 0.411 e. The molecule has 0 heterocycles. The molecule has 0 aliphatic heterocycles. The molecule has 0 bridgehead atoms. The molecule has 0 fully saturated rings. The van der Waals surface area contributed by atoms with Gasteiger partial charge in [-0.3, -0.25) is 0 Å². The van der Waals surface area contributed by atoms with Gasteiger partial charge >= 0.3 is 12.4 Å². The van der Waals surface area contributed by atoms with Crippen LogP contribution in [-0.2, 0) is 5.41 Å². The largest absolute Gasteiger partial charge is 0.508 e. The van der Waals surface area contributed by atoms with Crippen molar-refractivity contribution in [1.82, 2.24) is 0 Å². The second-order valence-electron chi connectivity index (χ2n) is 6.55. The van der Waals surface area contributed by atoms with E-state index in [0.717, 1.165) is 24.3 Å². The van der Waals surface area contributed by atoms with Crippen molar-refractivity contribution in [1.29, 1.82) is 5.26 Å². The van der Waals surface area contributed by atoms with Gasteiger partial charge in [0.15, 0.2) is 0 Å². The number of rotatable bonds is 2. The maximum Gasteiger partial charge on any atom is 0.411 e. The number of alkyl halides is 6. The van der Waals surface area contributed by atoms with Crippen molar-refractivity contribution in [3.8, 4) is 17.6 Å². The summed E-state index contributed by atoms with van der Waals surface area (Å²) >= 11 is 11.2. The lowest BCUT2D eigenvalue weighted by atomic mass is 9.73. The predicted molar refractivity (Wildman–Crippen MR) is 110 cm³/mol. The molecule has 2 N–H and O–H groups in total. The number of benzene rings is 3. The Morgan fingerprint density at radius 3 is 1.21 bits per heavy atom. The average Bonchev–Trinajstić information content (AvgIpc) is 2.70. The first kappa shape index (κ1) is 26.2. The third kappa shape index (κ3) is 5.29. The van der Waals surface area contributed by atoms with Gasteiger partial charge in [0.05, 0.1) is 15.6 Å². The first-order valence-corrected chi connectivity index (χ1v) is 9.58. The molecule has 3 aromatic carbocycles. The SMILES string of the molecule is N#Cc1c(Cl)cccc1Cl.Oc1ccc(C(c2ccc(O)cc2)(C(F)(F)F)C(F)(F)F)cc1. The van der Waals surface area contributed by atoms with Crippen LogP contribution in [0.1, 0.15) is 16.7 Å². The number of aromatic hydroxyl groups is 2. The van der Waals surface area contributed by atoms with E-state index < -0.39 is 40.4 Å². The van der Waals surface area contributed by atoms with Crippen LogP contribution in [0.5, 0.6) is 11.5 Å². The normalized spacial score (nSPS) is 11.8. The van der Waals surface area contributed by atoms with Gasteiger partial charge in [0, 0.05) is 0 Å². The molecule has 3 nitrogen and oxygen atoms in total. The molecule has 0 aliphatic carbocycles. The van der Waals surface area contributed by atoms with Gasteiger partial charge in [0.25, 0.3) is 0 Å². The van der Waals surface area contributed by atoms with Gasteiger partial charge < -0.3 is 10.2 Å². The van der Waals surface area contributed by atoms with Crippen LogP contribution in [0.15, 0.2) is 66.7 Å². The summed E-state index contributed by atoms with van der Waals surface area (Å²) in [6.07, 6.45) is -11.4. The fourth-order valence-corrected chi connectivity index (χ4v) is 3.49. The van der Waals surface area contributed by atoms with Crippen molar-refractivity contribution in [2.45, 2.75) is 17.8 Å². The van der Waals surface area contributed by atoms with E-state index in [1.807, 2.05) is 6.07 Å². The van der Waals surface area contributed by atoms with Crippen LogP contribution < -0.4 is 0 Å². The van der Waals surface area contributed by atoms with Crippen LogP contribution in [0.3, 0.4) is 0 Å². The molecule has 0 unspecified atom stereocenters. The number of nitrogens with zero attached hydrogens (tertiary/aromatic N) is 1. The fourth-order valence-electron chi connectivity index (χ4n) is 3.01. The molecule has 0 spiro atoms. The average molecular weight is 508 g/mol. The van der Waals surface area contributed by atoms with Crippen LogP contribution in [0.4, 0.5) is 26.3 Å². The lowest BCUT2D eigenvalue weighted by Gasteiger charge is -2.38. The Balaban J connectivity index is 0.000000321. The van der Waals surface area contributed by atoms with Gasteiger partial charge in [0.1, 0.15) is 17.6 Å². The molecule has 0 radical (unpaired) electrons. The molecule has 33 heavy (non-hydrogen) atoms. The lowest BCUT2D eigenvalue weighted by molar-refractivity contribution is -0.288. The predicted octanol–water partition coefficient (Wildman–Crippen LogP) is 7.37. The second kappa shape index (κ2) is 9.81. The standard InChI is InChI=1S/C15H10F6O2.C7H3Cl2N/c16-14(17,18)13(15(19,20)21,9-1-5-11(22)6-2-9)10-3-7-12(23)8-4-10;8-6-2-1-3-7(9)5(6)4-10/h1-8,22-23H;1-3H. The second-order valence-corrected chi connectivity index (χ2v) is 7.36. The highest BCUT2D eigenvalue weighted by molar-refractivity contribution is 6.36. The van der Waals surface area contributed by atoms with Gasteiger partial charge in [-0.25, -0.2) is 0 Å². The van der Waals surface area contributed by atoms with E-state index in [4.69, 9.17) is 38.7 Å². The Kier molecular flexibility index (Phi) is 7.78. The zero-order valence-corrected chi connectivity index (χ0v) is 17.7. The molecule has 0 aliphatic rings. The third-order valence-electron chi connectivity index (χ3n) is 4.53. The molecule has 0 amide bonds. The van der Waals surface area contributed by atoms with Crippen molar-refractivity contribution >= 4 is 23.2 Å².